The predicted octanol–water partition coefficient (Wildman–Crippen LogP) is -0.178. The van der Waals surface area contributed by atoms with Gasteiger partial charge in [0.2, 0.25) is 0 Å². The Kier molecular flexibility index (Phi) is 4.18. The standard InChI is InChI=1S/C8H17NO2S/c1-8-7-12(11)6-4-9(8)3-2-5-10/h8,10H,2-7H2,1H3. The molecular formula is C8H17NO2S. The van der Waals surface area contributed by atoms with Crippen LogP contribution in [0.3, 0.4) is 0 Å². The first-order valence-corrected chi connectivity index (χ1v) is 5.92. The molecule has 1 aliphatic rings. The first kappa shape index (κ1) is 10.2. The van der Waals surface area contributed by atoms with Gasteiger partial charge in [0.1, 0.15) is 0 Å². The molecular weight excluding hydrogens is 174 g/mol. The van der Waals surface area contributed by atoms with Crippen LogP contribution in [0.1, 0.15) is 13.3 Å². The van der Waals surface area contributed by atoms with Crippen molar-refractivity contribution >= 4 is 10.8 Å². The van der Waals surface area contributed by atoms with Gasteiger partial charge in [-0.1, -0.05) is 0 Å². The molecule has 2 atom stereocenters. The summed E-state index contributed by atoms with van der Waals surface area (Å²) in [5.41, 5.74) is 0. The smallest absolute Gasteiger partial charge is 0.0443 e. The summed E-state index contributed by atoms with van der Waals surface area (Å²) in [6, 6.07) is 0.422. The monoisotopic (exact) mass is 191 g/mol. The summed E-state index contributed by atoms with van der Waals surface area (Å²) in [5, 5.41) is 8.65. The molecule has 2 unspecified atom stereocenters. The van der Waals surface area contributed by atoms with Gasteiger partial charge >= 0.3 is 0 Å². The van der Waals surface area contributed by atoms with Crippen LogP contribution in [-0.4, -0.2) is 51.5 Å². The Balaban J connectivity index is 2.29. The second-order valence-electron chi connectivity index (χ2n) is 3.27. The highest BCUT2D eigenvalue weighted by Crippen LogP contribution is 2.08. The van der Waals surface area contributed by atoms with Crippen molar-refractivity contribution in [3.63, 3.8) is 0 Å². The van der Waals surface area contributed by atoms with Crippen LogP contribution in [0.2, 0.25) is 0 Å². The van der Waals surface area contributed by atoms with Crippen LogP contribution in [-0.2, 0) is 10.8 Å². The maximum Gasteiger partial charge on any atom is 0.0443 e. The van der Waals surface area contributed by atoms with Gasteiger partial charge in [-0.15, -0.1) is 0 Å². The SMILES string of the molecule is CC1CS(=O)CCN1CCCO. The van der Waals surface area contributed by atoms with Crippen LogP contribution in [0.15, 0.2) is 0 Å². The quantitative estimate of drug-likeness (QED) is 0.673. The summed E-state index contributed by atoms with van der Waals surface area (Å²) < 4.78 is 11.1. The zero-order chi connectivity index (χ0) is 8.97. The number of aliphatic hydroxyl groups is 1. The first-order chi connectivity index (χ1) is 5.74. The lowest BCUT2D eigenvalue weighted by Gasteiger charge is -2.32. The van der Waals surface area contributed by atoms with E-state index in [1.54, 1.807) is 0 Å². The summed E-state index contributed by atoms with van der Waals surface area (Å²) in [6.07, 6.45) is 0.830. The van der Waals surface area contributed by atoms with E-state index in [1.165, 1.54) is 0 Å². The number of nitrogens with zero attached hydrogens (tertiary/aromatic N) is 1. The van der Waals surface area contributed by atoms with Crippen LogP contribution >= 0.6 is 0 Å². The van der Waals surface area contributed by atoms with E-state index in [0.717, 1.165) is 31.0 Å². The molecule has 0 aromatic carbocycles. The molecule has 4 heteroatoms. The van der Waals surface area contributed by atoms with Gasteiger partial charge in [-0.2, -0.15) is 0 Å². The molecule has 0 aromatic rings. The summed E-state index contributed by atoms with van der Waals surface area (Å²) in [7, 11) is -0.601. The third kappa shape index (κ3) is 2.84. The highest BCUT2D eigenvalue weighted by Gasteiger charge is 2.21. The largest absolute Gasteiger partial charge is 0.396 e. The van der Waals surface area contributed by atoms with Crippen molar-refractivity contribution < 1.29 is 9.32 Å². The minimum absolute atomic E-state index is 0.256. The van der Waals surface area contributed by atoms with Gasteiger partial charge in [0.15, 0.2) is 0 Å². The van der Waals surface area contributed by atoms with Gasteiger partial charge in [-0.3, -0.25) is 9.11 Å². The average Bonchev–Trinajstić information content (AvgIpc) is 2.03. The minimum Gasteiger partial charge on any atom is -0.396 e. The normalized spacial score (nSPS) is 32.2. The van der Waals surface area contributed by atoms with Crippen LogP contribution < -0.4 is 0 Å². The number of rotatable bonds is 3. The summed E-state index contributed by atoms with van der Waals surface area (Å²) in [6.45, 7) is 4.23. The van der Waals surface area contributed by atoms with E-state index in [0.29, 0.717) is 6.04 Å². The fraction of sp³-hybridized carbons (Fsp3) is 1.00. The molecule has 0 saturated carbocycles. The molecule has 1 fully saturated rings. The third-order valence-electron chi connectivity index (χ3n) is 2.26. The number of hydrogen-bond acceptors (Lipinski definition) is 3. The van der Waals surface area contributed by atoms with E-state index in [9.17, 15) is 4.21 Å². The van der Waals surface area contributed by atoms with E-state index in [2.05, 4.69) is 11.8 Å². The predicted molar refractivity (Wildman–Crippen MR) is 50.6 cm³/mol. The zero-order valence-electron chi connectivity index (χ0n) is 7.53. The Morgan fingerprint density at radius 2 is 2.42 bits per heavy atom. The maximum absolute atomic E-state index is 11.1. The number of hydrogen-bond donors (Lipinski definition) is 1. The molecule has 1 N–H and O–H groups in total. The average molecular weight is 191 g/mol. The van der Waals surface area contributed by atoms with E-state index in [4.69, 9.17) is 5.11 Å². The molecule has 1 saturated heterocycles. The first-order valence-electron chi connectivity index (χ1n) is 4.44. The highest BCUT2D eigenvalue weighted by atomic mass is 32.2. The van der Waals surface area contributed by atoms with Crippen LogP contribution in [0.4, 0.5) is 0 Å². The van der Waals surface area contributed by atoms with Crippen molar-refractivity contribution in [2.24, 2.45) is 0 Å². The molecule has 3 nitrogen and oxygen atoms in total. The molecule has 12 heavy (non-hydrogen) atoms. The van der Waals surface area contributed by atoms with Crippen molar-refractivity contribution in [2.75, 3.05) is 31.2 Å². The Morgan fingerprint density at radius 3 is 3.00 bits per heavy atom. The molecule has 72 valence electrons. The molecule has 0 spiro atoms. The van der Waals surface area contributed by atoms with Gasteiger partial charge < -0.3 is 5.11 Å². The highest BCUT2D eigenvalue weighted by molar-refractivity contribution is 7.85. The summed E-state index contributed by atoms with van der Waals surface area (Å²) in [4.78, 5) is 2.30. The Morgan fingerprint density at radius 1 is 1.67 bits per heavy atom. The molecule has 0 aliphatic carbocycles. The fourth-order valence-corrected chi connectivity index (χ4v) is 2.86. The maximum atomic E-state index is 11.1. The molecule has 0 radical (unpaired) electrons. The van der Waals surface area contributed by atoms with Gasteiger partial charge in [0.25, 0.3) is 0 Å². The van der Waals surface area contributed by atoms with Crippen LogP contribution in [0.25, 0.3) is 0 Å². The Labute approximate surface area is 76.2 Å². The molecule has 1 heterocycles. The van der Waals surface area contributed by atoms with Crippen LogP contribution in [0, 0.1) is 0 Å². The van der Waals surface area contributed by atoms with Crippen molar-refractivity contribution in [3.8, 4) is 0 Å². The van der Waals surface area contributed by atoms with E-state index in [1.807, 2.05) is 0 Å². The van der Waals surface area contributed by atoms with Gasteiger partial charge in [0, 0.05) is 48.0 Å². The second kappa shape index (κ2) is 4.94. The van der Waals surface area contributed by atoms with Crippen molar-refractivity contribution in [1.29, 1.82) is 0 Å². The molecule has 0 amide bonds. The third-order valence-corrected chi connectivity index (χ3v) is 3.75. The Bertz CT molecular complexity index is 163. The summed E-state index contributed by atoms with van der Waals surface area (Å²) >= 11 is 0. The molecule has 1 aliphatic heterocycles. The number of aliphatic hydroxyl groups excluding tert-OH is 1. The van der Waals surface area contributed by atoms with E-state index >= 15 is 0 Å². The summed E-state index contributed by atoms with van der Waals surface area (Å²) in [5.74, 6) is 1.60. The van der Waals surface area contributed by atoms with Gasteiger partial charge in [-0.05, 0) is 13.3 Å². The fourth-order valence-electron chi connectivity index (χ4n) is 1.50. The van der Waals surface area contributed by atoms with Crippen LogP contribution in [0.5, 0.6) is 0 Å². The van der Waals surface area contributed by atoms with Gasteiger partial charge in [-0.25, -0.2) is 0 Å². The topological polar surface area (TPSA) is 40.5 Å². The minimum atomic E-state index is -0.601. The molecule has 0 aromatic heterocycles. The van der Waals surface area contributed by atoms with E-state index in [-0.39, 0.29) is 6.61 Å². The van der Waals surface area contributed by atoms with Crippen molar-refractivity contribution in [2.45, 2.75) is 19.4 Å². The lowest BCUT2D eigenvalue weighted by molar-refractivity contribution is 0.197. The molecule has 0 bridgehead atoms. The van der Waals surface area contributed by atoms with Crippen molar-refractivity contribution in [3.05, 3.63) is 0 Å². The zero-order valence-corrected chi connectivity index (χ0v) is 8.35. The lowest BCUT2D eigenvalue weighted by atomic mass is 10.3. The second-order valence-corrected chi connectivity index (χ2v) is 4.89. The Hall–Kier alpha value is 0.0700. The molecule has 1 rings (SSSR count). The van der Waals surface area contributed by atoms with Crippen molar-refractivity contribution in [1.82, 2.24) is 4.90 Å². The van der Waals surface area contributed by atoms with Gasteiger partial charge in [0.05, 0.1) is 0 Å². The lowest BCUT2D eigenvalue weighted by Crippen LogP contribution is -2.45. The van der Waals surface area contributed by atoms with E-state index < -0.39 is 10.8 Å².